The molecule has 0 bridgehead atoms. The van der Waals surface area contributed by atoms with Crippen LogP contribution in [0.15, 0.2) is 107 Å². The molecule has 0 fully saturated rings. The Bertz CT molecular complexity index is 3340. The molecule has 6 atom stereocenters. The van der Waals surface area contributed by atoms with E-state index in [0.717, 1.165) is 17.4 Å². The van der Waals surface area contributed by atoms with Crippen LogP contribution >= 0.6 is 11.8 Å². The summed E-state index contributed by atoms with van der Waals surface area (Å²) in [6.07, 6.45) is 2.77. The molecule has 4 aromatic rings. The van der Waals surface area contributed by atoms with Crippen molar-refractivity contribution < 1.29 is 83.1 Å². The van der Waals surface area contributed by atoms with Gasteiger partial charge in [-0.15, -0.1) is 0 Å². The molecular weight excluding hydrogens is 1220 g/mol. The van der Waals surface area contributed by atoms with Crippen LogP contribution in [0.4, 0.5) is 9.59 Å². The van der Waals surface area contributed by atoms with Crippen LogP contribution in [0, 0.1) is 0 Å². The molecule has 88 heavy (non-hydrogen) atoms. The van der Waals surface area contributed by atoms with E-state index in [1.165, 1.54) is 55.9 Å². The minimum atomic E-state index is -4.00. The van der Waals surface area contributed by atoms with Gasteiger partial charge in [0.05, 0.1) is 43.9 Å². The number of benzene rings is 4. The smallest absolute Gasteiger partial charge is 0.408 e. The number of thioether (sulfide) groups is 1. The van der Waals surface area contributed by atoms with E-state index in [1.54, 1.807) is 54.5 Å². The van der Waals surface area contributed by atoms with E-state index in [0.29, 0.717) is 42.4 Å². The first-order valence-corrected chi connectivity index (χ1v) is 35.2. The highest BCUT2D eigenvalue weighted by molar-refractivity contribution is 7.98. The SMILES string of the molecule is CC[C@](Cc1ccccc1)(NC[C@@](C)(O)CS(=O)(=O)c1ccc2c(c1)OCO2)NC(=O)[C@@H](CS(C)(=O)=O)NC(=O)OC(C)(C)C.CSC[C@@H](NC(=O)OC(C)(C)C)C(=O)NCCC[C@H](NC[C@@](C)(O)CS(=O)(=O)c1ccc2c(c1)OCO2)c1ccccc1. The van der Waals surface area contributed by atoms with E-state index in [9.17, 15) is 54.6 Å². The van der Waals surface area contributed by atoms with Gasteiger partial charge in [0.1, 0.15) is 33.1 Å². The number of fused-ring (bicyclic) bond motifs is 2. The Morgan fingerprint density at radius 1 is 0.636 bits per heavy atom. The van der Waals surface area contributed by atoms with E-state index in [4.69, 9.17) is 28.4 Å². The lowest BCUT2D eigenvalue weighted by molar-refractivity contribution is -0.125. The number of rotatable bonds is 29. The number of amides is 4. The molecule has 4 aromatic carbocycles. The molecule has 2 heterocycles. The summed E-state index contributed by atoms with van der Waals surface area (Å²) < 4.78 is 109. The summed E-state index contributed by atoms with van der Waals surface area (Å²) >= 11 is 1.44. The minimum absolute atomic E-state index is 0.0122. The van der Waals surface area contributed by atoms with Gasteiger partial charge in [-0.05, 0) is 116 Å². The first kappa shape index (κ1) is 72.3. The van der Waals surface area contributed by atoms with Crippen molar-refractivity contribution in [3.63, 3.8) is 0 Å². The molecule has 0 saturated carbocycles. The normalized spacial score (nSPS) is 16.1. The molecule has 24 nitrogen and oxygen atoms in total. The van der Waals surface area contributed by atoms with E-state index >= 15 is 0 Å². The van der Waals surface area contributed by atoms with Crippen molar-refractivity contribution in [2.24, 2.45) is 0 Å². The van der Waals surface area contributed by atoms with E-state index in [-0.39, 0.29) is 67.0 Å². The molecule has 488 valence electrons. The topological polar surface area (TPSA) is 339 Å². The zero-order valence-corrected chi connectivity index (χ0v) is 55.0. The first-order chi connectivity index (χ1) is 40.9. The number of aliphatic hydroxyl groups is 2. The van der Waals surface area contributed by atoms with Gasteiger partial charge in [-0.1, -0.05) is 67.6 Å². The predicted molar refractivity (Wildman–Crippen MR) is 334 cm³/mol. The van der Waals surface area contributed by atoms with Crippen LogP contribution in [0.25, 0.3) is 0 Å². The average molecular weight is 1310 g/mol. The summed E-state index contributed by atoms with van der Waals surface area (Å²) in [5.74, 6) is -1.05. The maximum atomic E-state index is 13.7. The summed E-state index contributed by atoms with van der Waals surface area (Å²) in [7, 11) is -11.6. The minimum Gasteiger partial charge on any atom is -0.454 e. The summed E-state index contributed by atoms with van der Waals surface area (Å²) in [6, 6.07) is 24.8. The Balaban J connectivity index is 0.000000321. The van der Waals surface area contributed by atoms with E-state index in [1.807, 2.05) is 66.9 Å². The third-order valence-electron chi connectivity index (χ3n) is 13.2. The van der Waals surface area contributed by atoms with E-state index < -0.39 is 105 Å². The number of hydrogen-bond acceptors (Lipinski definition) is 21. The summed E-state index contributed by atoms with van der Waals surface area (Å²) in [5.41, 5.74) is -4.51. The second-order valence-corrected chi connectivity index (χ2v) is 31.3. The van der Waals surface area contributed by atoms with Crippen LogP contribution in [-0.2, 0) is 55.0 Å². The molecule has 0 radical (unpaired) electrons. The summed E-state index contributed by atoms with van der Waals surface area (Å²) in [6.45, 7) is 14.8. The quantitative estimate of drug-likeness (QED) is 0.0251. The van der Waals surface area contributed by atoms with Gasteiger partial charge in [0.25, 0.3) is 0 Å². The highest BCUT2D eigenvalue weighted by Gasteiger charge is 2.39. The molecular formula is C60H86N6O18S4. The van der Waals surface area contributed by atoms with Crippen molar-refractivity contribution in [3.8, 4) is 23.0 Å². The lowest BCUT2D eigenvalue weighted by Crippen LogP contribution is -2.66. The van der Waals surface area contributed by atoms with Gasteiger partial charge in [0.15, 0.2) is 42.7 Å². The second-order valence-electron chi connectivity index (χ2n) is 24.2. The summed E-state index contributed by atoms with van der Waals surface area (Å²) in [5, 5.41) is 39.6. The van der Waals surface area contributed by atoms with Crippen molar-refractivity contribution in [3.05, 3.63) is 108 Å². The fourth-order valence-electron chi connectivity index (χ4n) is 9.14. The van der Waals surface area contributed by atoms with E-state index in [2.05, 4.69) is 31.9 Å². The van der Waals surface area contributed by atoms with Gasteiger partial charge in [0.2, 0.25) is 25.4 Å². The second kappa shape index (κ2) is 30.9. The van der Waals surface area contributed by atoms with Crippen LogP contribution in [-0.4, -0.2) is 168 Å². The molecule has 28 heteroatoms. The third-order valence-corrected chi connectivity index (χ3v) is 18.8. The van der Waals surface area contributed by atoms with Crippen molar-refractivity contribution in [2.75, 3.05) is 68.7 Å². The number of ether oxygens (including phenoxy) is 6. The maximum Gasteiger partial charge on any atom is 0.408 e. The summed E-state index contributed by atoms with van der Waals surface area (Å²) in [4.78, 5) is 51.2. The van der Waals surface area contributed by atoms with Crippen LogP contribution < -0.4 is 50.8 Å². The molecule has 2 aliphatic heterocycles. The van der Waals surface area contributed by atoms with Gasteiger partial charge in [-0.2, -0.15) is 11.8 Å². The van der Waals surface area contributed by atoms with Crippen molar-refractivity contribution >= 4 is 65.3 Å². The number of sulfone groups is 3. The predicted octanol–water partition coefficient (Wildman–Crippen LogP) is 5.36. The first-order valence-electron chi connectivity index (χ1n) is 28.4. The molecule has 2 aliphatic rings. The Morgan fingerprint density at radius 2 is 1.11 bits per heavy atom. The fourth-order valence-corrected chi connectivity index (χ4v) is 13.8. The van der Waals surface area contributed by atoms with Crippen LogP contribution in [0.2, 0.25) is 0 Å². The van der Waals surface area contributed by atoms with Gasteiger partial charge in [-0.3, -0.25) is 14.9 Å². The number of carbonyl (C=O) groups is 4. The maximum absolute atomic E-state index is 13.7. The van der Waals surface area contributed by atoms with Gasteiger partial charge in [0, 0.05) is 56.2 Å². The van der Waals surface area contributed by atoms with Crippen LogP contribution in [0.5, 0.6) is 23.0 Å². The Kier molecular flexibility index (Phi) is 25.4. The van der Waals surface area contributed by atoms with Gasteiger partial charge >= 0.3 is 12.2 Å². The molecule has 0 spiro atoms. The number of carbonyl (C=O) groups excluding carboxylic acids is 4. The van der Waals surface area contributed by atoms with Crippen molar-refractivity contribution in [1.29, 1.82) is 0 Å². The van der Waals surface area contributed by atoms with Crippen LogP contribution in [0.3, 0.4) is 0 Å². The monoisotopic (exact) mass is 1310 g/mol. The molecule has 0 unspecified atom stereocenters. The Morgan fingerprint density at radius 3 is 1.59 bits per heavy atom. The van der Waals surface area contributed by atoms with Gasteiger partial charge in [-0.25, -0.2) is 34.8 Å². The average Bonchev–Trinajstić information content (AvgIpc) is 4.22. The number of alkyl carbamates (subject to hydrolysis) is 2. The molecule has 0 saturated heterocycles. The molecule has 8 N–H and O–H groups in total. The molecule has 0 aromatic heterocycles. The Labute approximate surface area is 521 Å². The third kappa shape index (κ3) is 24.2. The standard InChI is InChI=1S/C30H43N3O10S2.C30H43N3O8S2/c1-7-30(16-21-11-9-8-10-12-21,33-26(34)23(17-44(6,37)38)32-27(35)43-28(2,3)4)31-18-29(5,36)19-45(39,40)22-13-14-24-25(15-22)42-20-41-24;1-29(2,3)41-28(35)33-24(17-42-5)27(34)31-15-9-12-23(21-10-7-6-8-11-21)32-18-30(4,36)19-43(37,38)22-13-14-25-26(16-22)40-20-39-25/h8-15,23,31,36H,7,16-20H2,1-6H3,(H,32,35)(H,33,34);6-8,10-11,13-14,16,23-24,32,36H,9,12,15,17-20H2,1-5H3,(H,31,34)(H,33,35)/t23-,29-,30+;23-,24+,30+/m10/s1. The molecule has 6 rings (SSSR count). The molecule has 4 amide bonds. The fraction of sp³-hybridized carbons (Fsp3) is 0.533. The van der Waals surface area contributed by atoms with Crippen molar-refractivity contribution in [1.82, 2.24) is 31.9 Å². The molecule has 0 aliphatic carbocycles. The Hall–Kier alpha value is -6.40. The lowest BCUT2D eigenvalue weighted by atomic mass is 9.95. The number of hydrogen-bond donors (Lipinski definition) is 8. The van der Waals surface area contributed by atoms with Gasteiger partial charge < -0.3 is 65.2 Å². The number of nitrogens with one attached hydrogen (secondary N) is 6. The zero-order chi connectivity index (χ0) is 65.4. The lowest BCUT2D eigenvalue weighted by Gasteiger charge is -2.39. The van der Waals surface area contributed by atoms with Crippen molar-refractivity contribution in [2.45, 2.75) is 144 Å². The zero-order valence-electron chi connectivity index (χ0n) is 51.7. The highest BCUT2D eigenvalue weighted by atomic mass is 32.2. The van der Waals surface area contributed by atoms with Crippen LogP contribution in [0.1, 0.15) is 98.7 Å². The highest BCUT2D eigenvalue weighted by Crippen LogP contribution is 2.36. The largest absolute Gasteiger partial charge is 0.454 e.